The molecular formula is C12H13NO4. The zero-order valence-corrected chi connectivity index (χ0v) is 9.30. The normalized spacial score (nSPS) is 23.2. The van der Waals surface area contributed by atoms with E-state index in [0.29, 0.717) is 18.6 Å². The Bertz CT molecular complexity index is 406. The number of hydrogen-bond donors (Lipinski definition) is 0. The van der Waals surface area contributed by atoms with E-state index in [0.717, 1.165) is 0 Å². The predicted molar refractivity (Wildman–Crippen MR) is 60.7 cm³/mol. The van der Waals surface area contributed by atoms with E-state index < -0.39 is 5.60 Å². The molecule has 0 aromatic heterocycles. The summed E-state index contributed by atoms with van der Waals surface area (Å²) in [7, 11) is 0. The fourth-order valence-electron chi connectivity index (χ4n) is 1.78. The highest BCUT2D eigenvalue weighted by molar-refractivity contribution is 5.72. The first-order chi connectivity index (χ1) is 8.24. The molecule has 2 rings (SSSR count). The molecule has 1 aliphatic rings. The van der Waals surface area contributed by atoms with E-state index in [1.165, 1.54) is 0 Å². The highest BCUT2D eigenvalue weighted by Crippen LogP contribution is 2.28. The molecule has 1 aliphatic heterocycles. The van der Waals surface area contributed by atoms with Gasteiger partial charge in [0, 0.05) is 12.8 Å². The van der Waals surface area contributed by atoms with Crippen LogP contribution in [0.15, 0.2) is 35.5 Å². The minimum atomic E-state index is -0.880. The average Bonchev–Trinajstić information content (AvgIpc) is 2.71. The summed E-state index contributed by atoms with van der Waals surface area (Å²) < 4.78 is 10.7. The van der Waals surface area contributed by atoms with Crippen LogP contribution >= 0.6 is 0 Å². The van der Waals surface area contributed by atoms with E-state index in [-0.39, 0.29) is 19.1 Å². The third-order valence-electron chi connectivity index (χ3n) is 2.71. The van der Waals surface area contributed by atoms with Gasteiger partial charge in [0.1, 0.15) is 18.9 Å². The molecule has 0 radical (unpaired) electrons. The highest BCUT2D eigenvalue weighted by atomic mass is 16.6. The molecule has 1 fully saturated rings. The molecule has 0 spiro atoms. The lowest BCUT2D eigenvalue weighted by molar-refractivity contribution is -0.149. The maximum Gasteiger partial charge on any atom is 0.306 e. The summed E-state index contributed by atoms with van der Waals surface area (Å²) in [5, 5.41) is 2.83. The van der Waals surface area contributed by atoms with Crippen molar-refractivity contribution in [2.45, 2.75) is 18.4 Å². The lowest BCUT2D eigenvalue weighted by Crippen LogP contribution is -2.39. The summed E-state index contributed by atoms with van der Waals surface area (Å²) in [6.07, 6.45) is 0.790. The molecule has 5 nitrogen and oxygen atoms in total. The third kappa shape index (κ3) is 2.81. The monoisotopic (exact) mass is 235 g/mol. The van der Waals surface area contributed by atoms with Crippen LogP contribution in [-0.2, 0) is 9.53 Å². The zero-order chi connectivity index (χ0) is 12.1. The second-order valence-electron chi connectivity index (χ2n) is 4.05. The molecule has 5 heteroatoms. The van der Waals surface area contributed by atoms with Gasteiger partial charge in [-0.25, -0.2) is 0 Å². The maximum absolute atomic E-state index is 11.1. The Morgan fingerprint density at radius 3 is 2.71 bits per heavy atom. The summed E-state index contributed by atoms with van der Waals surface area (Å²) >= 11 is 0. The lowest BCUT2D eigenvalue weighted by atomic mass is 10.0. The van der Waals surface area contributed by atoms with Gasteiger partial charge >= 0.3 is 5.97 Å². The number of carbonyl (C=O) groups excluding carboxylic acids is 1. The molecule has 1 unspecified atom stereocenters. The van der Waals surface area contributed by atoms with Crippen molar-refractivity contribution in [2.24, 2.45) is 5.18 Å². The van der Waals surface area contributed by atoms with Gasteiger partial charge < -0.3 is 9.47 Å². The molecule has 1 atom stereocenters. The molecule has 0 N–H and O–H groups in total. The minimum absolute atomic E-state index is 0.0639. The molecular weight excluding hydrogens is 222 g/mol. The van der Waals surface area contributed by atoms with Crippen LogP contribution in [0.1, 0.15) is 12.8 Å². The number of benzene rings is 1. The number of nitrogens with zero attached hydrogens (tertiary/aromatic N) is 1. The average molecular weight is 235 g/mol. The summed E-state index contributed by atoms with van der Waals surface area (Å²) in [6, 6.07) is 9.18. The van der Waals surface area contributed by atoms with Crippen molar-refractivity contribution < 1.29 is 14.3 Å². The van der Waals surface area contributed by atoms with Crippen LogP contribution in [0.2, 0.25) is 0 Å². The Kier molecular flexibility index (Phi) is 3.37. The standard InChI is InChI=1S/C12H13NO4/c14-11-6-7-12(17-11,8-13-15)9-16-10-4-2-1-3-5-10/h1-5H,6-9H2. The molecule has 1 aromatic rings. The van der Waals surface area contributed by atoms with Crippen molar-refractivity contribution in [3.05, 3.63) is 35.2 Å². The van der Waals surface area contributed by atoms with Gasteiger partial charge in [-0.1, -0.05) is 23.4 Å². The number of para-hydroxylation sites is 1. The van der Waals surface area contributed by atoms with Crippen LogP contribution in [0, 0.1) is 4.91 Å². The second kappa shape index (κ2) is 4.95. The molecule has 0 bridgehead atoms. The van der Waals surface area contributed by atoms with Crippen LogP contribution in [0.3, 0.4) is 0 Å². The third-order valence-corrected chi connectivity index (χ3v) is 2.71. The van der Waals surface area contributed by atoms with Gasteiger partial charge in [-0.2, -0.15) is 4.91 Å². The van der Waals surface area contributed by atoms with E-state index >= 15 is 0 Å². The van der Waals surface area contributed by atoms with Gasteiger partial charge in [-0.05, 0) is 12.1 Å². The molecule has 17 heavy (non-hydrogen) atoms. The largest absolute Gasteiger partial charge is 0.489 e. The Hall–Kier alpha value is -1.91. The molecule has 0 saturated carbocycles. The summed E-state index contributed by atoms with van der Waals surface area (Å²) in [6.45, 7) is 0.0973. The Labute approximate surface area is 98.7 Å². The van der Waals surface area contributed by atoms with E-state index in [4.69, 9.17) is 9.47 Å². The SMILES string of the molecule is O=NCC1(COc2ccccc2)CCC(=O)O1. The van der Waals surface area contributed by atoms with Gasteiger partial charge in [0.05, 0.1) is 0 Å². The molecule has 1 heterocycles. The summed E-state index contributed by atoms with van der Waals surface area (Å²) in [4.78, 5) is 21.5. The zero-order valence-electron chi connectivity index (χ0n) is 9.30. The first-order valence-electron chi connectivity index (χ1n) is 5.43. The van der Waals surface area contributed by atoms with Crippen LogP contribution in [-0.4, -0.2) is 24.7 Å². The quantitative estimate of drug-likeness (QED) is 0.577. The summed E-state index contributed by atoms with van der Waals surface area (Å²) in [5.74, 6) is 0.381. The van der Waals surface area contributed by atoms with Gasteiger partial charge in [0.15, 0.2) is 5.60 Å². The van der Waals surface area contributed by atoms with Gasteiger partial charge in [-0.3, -0.25) is 4.79 Å². The topological polar surface area (TPSA) is 65.0 Å². The lowest BCUT2D eigenvalue weighted by Gasteiger charge is -2.24. The Morgan fingerprint density at radius 1 is 1.35 bits per heavy atom. The van der Waals surface area contributed by atoms with Crippen LogP contribution < -0.4 is 4.74 Å². The fraction of sp³-hybridized carbons (Fsp3) is 0.417. The first kappa shape index (κ1) is 11.6. The highest BCUT2D eigenvalue weighted by Gasteiger charge is 2.42. The second-order valence-corrected chi connectivity index (χ2v) is 4.05. The Morgan fingerprint density at radius 2 is 2.12 bits per heavy atom. The van der Waals surface area contributed by atoms with E-state index in [1.807, 2.05) is 18.2 Å². The number of rotatable bonds is 5. The van der Waals surface area contributed by atoms with Crippen LogP contribution in [0.25, 0.3) is 0 Å². The molecule has 0 aliphatic carbocycles. The molecule has 90 valence electrons. The molecule has 1 saturated heterocycles. The maximum atomic E-state index is 11.1. The van der Waals surface area contributed by atoms with Gasteiger partial charge in [-0.15, -0.1) is 0 Å². The Balaban J connectivity index is 1.99. The van der Waals surface area contributed by atoms with Crippen LogP contribution in [0.5, 0.6) is 5.75 Å². The minimum Gasteiger partial charge on any atom is -0.489 e. The number of ether oxygens (including phenoxy) is 2. The molecule has 0 amide bonds. The predicted octanol–water partition coefficient (Wildman–Crippen LogP) is 1.91. The van der Waals surface area contributed by atoms with Crippen molar-refractivity contribution in [3.8, 4) is 5.75 Å². The number of carbonyl (C=O) groups is 1. The van der Waals surface area contributed by atoms with Crippen LogP contribution in [0.4, 0.5) is 0 Å². The van der Waals surface area contributed by atoms with Crippen molar-refractivity contribution in [3.63, 3.8) is 0 Å². The van der Waals surface area contributed by atoms with Gasteiger partial charge in [0.25, 0.3) is 0 Å². The number of cyclic esters (lactones) is 1. The van der Waals surface area contributed by atoms with E-state index in [9.17, 15) is 9.70 Å². The van der Waals surface area contributed by atoms with Crippen molar-refractivity contribution >= 4 is 5.97 Å². The van der Waals surface area contributed by atoms with Crippen molar-refractivity contribution in [2.75, 3.05) is 13.2 Å². The smallest absolute Gasteiger partial charge is 0.306 e. The van der Waals surface area contributed by atoms with E-state index in [1.54, 1.807) is 12.1 Å². The van der Waals surface area contributed by atoms with Crippen molar-refractivity contribution in [1.29, 1.82) is 0 Å². The van der Waals surface area contributed by atoms with E-state index in [2.05, 4.69) is 5.18 Å². The van der Waals surface area contributed by atoms with Crippen molar-refractivity contribution in [1.82, 2.24) is 0 Å². The number of hydrogen-bond acceptors (Lipinski definition) is 5. The van der Waals surface area contributed by atoms with Gasteiger partial charge in [0.2, 0.25) is 0 Å². The number of nitroso groups, excluding NO2 is 1. The first-order valence-corrected chi connectivity index (χ1v) is 5.43. The molecule has 1 aromatic carbocycles. The fourth-order valence-corrected chi connectivity index (χ4v) is 1.78. The summed E-state index contributed by atoms with van der Waals surface area (Å²) in [5.41, 5.74) is -0.880. The number of esters is 1.